The largest absolute Gasteiger partial charge is 0.387 e. The van der Waals surface area contributed by atoms with Gasteiger partial charge in [0.05, 0.1) is 0 Å². The van der Waals surface area contributed by atoms with Gasteiger partial charge in [0, 0.05) is 37.6 Å². The number of benzene rings is 1. The van der Waals surface area contributed by atoms with E-state index in [1.54, 1.807) is 0 Å². The van der Waals surface area contributed by atoms with Crippen molar-refractivity contribution >= 4 is 17.3 Å². The number of hydrogen-bond acceptors (Lipinski definition) is 4. The van der Waals surface area contributed by atoms with Gasteiger partial charge in [-0.3, -0.25) is 4.79 Å². The minimum atomic E-state index is -0.486. The summed E-state index contributed by atoms with van der Waals surface area (Å²) in [7, 11) is 0. The molecule has 1 heterocycles. The Morgan fingerprint density at radius 1 is 1.30 bits per heavy atom. The van der Waals surface area contributed by atoms with Crippen molar-refractivity contribution in [3.8, 4) is 0 Å². The maximum Gasteiger partial charge on any atom is 0.250 e. The number of piperazine rings is 1. The molecule has 0 atom stereocenters. The standard InChI is InChI=1S/C15H23N3O2/c1-3-17-6-8-18(9-7-17)13-4-5-14(12(2)10-13)16-15(20)11-19/h4-5,10,19H,3,6-9,11H2,1-2H3,(H,16,20). The molecule has 0 radical (unpaired) electrons. The molecular formula is C15H23N3O2. The molecule has 110 valence electrons. The third kappa shape index (κ3) is 3.49. The van der Waals surface area contributed by atoms with Gasteiger partial charge in [0.25, 0.3) is 0 Å². The van der Waals surface area contributed by atoms with Crippen molar-refractivity contribution in [1.29, 1.82) is 0 Å². The highest BCUT2D eigenvalue weighted by Gasteiger charge is 2.16. The van der Waals surface area contributed by atoms with Crippen molar-refractivity contribution in [2.24, 2.45) is 0 Å². The van der Waals surface area contributed by atoms with E-state index in [0.29, 0.717) is 0 Å². The van der Waals surface area contributed by atoms with Crippen LogP contribution < -0.4 is 10.2 Å². The number of likely N-dealkylation sites (N-methyl/N-ethyl adjacent to an activating group) is 1. The fourth-order valence-corrected chi connectivity index (χ4v) is 2.50. The smallest absolute Gasteiger partial charge is 0.250 e. The highest BCUT2D eigenvalue weighted by molar-refractivity contribution is 5.92. The molecule has 20 heavy (non-hydrogen) atoms. The summed E-state index contributed by atoms with van der Waals surface area (Å²) in [5.74, 6) is -0.377. The number of nitrogens with one attached hydrogen (secondary N) is 1. The molecule has 0 saturated carbocycles. The normalized spacial score (nSPS) is 16.2. The van der Waals surface area contributed by atoms with Gasteiger partial charge in [-0.1, -0.05) is 6.92 Å². The topological polar surface area (TPSA) is 55.8 Å². The molecule has 1 amide bonds. The molecule has 1 aliphatic heterocycles. The van der Waals surface area contributed by atoms with E-state index in [1.165, 1.54) is 5.69 Å². The van der Waals surface area contributed by atoms with Crippen LogP contribution in [0.3, 0.4) is 0 Å². The number of hydrogen-bond donors (Lipinski definition) is 2. The van der Waals surface area contributed by atoms with Crippen LogP contribution in [-0.4, -0.2) is 55.2 Å². The van der Waals surface area contributed by atoms with Crippen LogP contribution in [-0.2, 0) is 4.79 Å². The lowest BCUT2D eigenvalue weighted by Gasteiger charge is -2.35. The highest BCUT2D eigenvalue weighted by Crippen LogP contribution is 2.23. The number of anilines is 2. The van der Waals surface area contributed by atoms with Crippen molar-refractivity contribution < 1.29 is 9.90 Å². The molecule has 0 aromatic heterocycles. The van der Waals surface area contributed by atoms with Gasteiger partial charge in [0.2, 0.25) is 5.91 Å². The maximum atomic E-state index is 11.2. The van der Waals surface area contributed by atoms with Crippen molar-refractivity contribution in [1.82, 2.24) is 4.90 Å². The fraction of sp³-hybridized carbons (Fsp3) is 0.533. The molecule has 0 aliphatic carbocycles. The van der Waals surface area contributed by atoms with Gasteiger partial charge in [-0.05, 0) is 37.2 Å². The number of amides is 1. The maximum absolute atomic E-state index is 11.2. The summed E-state index contributed by atoms with van der Waals surface area (Å²) in [5.41, 5.74) is 2.97. The number of aryl methyl sites for hydroxylation is 1. The van der Waals surface area contributed by atoms with E-state index < -0.39 is 6.61 Å². The van der Waals surface area contributed by atoms with E-state index in [1.807, 2.05) is 19.1 Å². The predicted octanol–water partition coefficient (Wildman–Crippen LogP) is 1.07. The Morgan fingerprint density at radius 3 is 2.55 bits per heavy atom. The van der Waals surface area contributed by atoms with Crippen LogP contribution in [0.1, 0.15) is 12.5 Å². The summed E-state index contributed by atoms with van der Waals surface area (Å²) in [6.07, 6.45) is 0. The van der Waals surface area contributed by atoms with Gasteiger partial charge in [0.15, 0.2) is 0 Å². The number of carbonyl (C=O) groups excluding carboxylic acids is 1. The quantitative estimate of drug-likeness (QED) is 0.864. The second-order valence-electron chi connectivity index (χ2n) is 5.13. The van der Waals surface area contributed by atoms with E-state index in [0.717, 1.165) is 44.0 Å². The first-order valence-corrected chi connectivity index (χ1v) is 7.12. The average Bonchev–Trinajstić information content (AvgIpc) is 2.49. The van der Waals surface area contributed by atoms with Crippen molar-refractivity contribution in [2.45, 2.75) is 13.8 Å². The van der Waals surface area contributed by atoms with Gasteiger partial charge < -0.3 is 20.2 Å². The zero-order chi connectivity index (χ0) is 14.5. The Labute approximate surface area is 120 Å². The molecule has 5 heteroatoms. The first-order chi connectivity index (χ1) is 9.63. The molecule has 1 aromatic carbocycles. The van der Waals surface area contributed by atoms with Gasteiger partial charge in [-0.15, -0.1) is 0 Å². The van der Waals surface area contributed by atoms with Gasteiger partial charge in [-0.2, -0.15) is 0 Å². The molecule has 0 bridgehead atoms. The van der Waals surface area contributed by atoms with Crippen LogP contribution in [0.2, 0.25) is 0 Å². The van der Waals surface area contributed by atoms with E-state index in [2.05, 4.69) is 28.1 Å². The number of nitrogens with zero attached hydrogens (tertiary/aromatic N) is 2. The van der Waals surface area contributed by atoms with Crippen LogP contribution >= 0.6 is 0 Å². The van der Waals surface area contributed by atoms with E-state index >= 15 is 0 Å². The number of rotatable bonds is 4. The molecule has 1 aromatic rings. The molecule has 0 unspecified atom stereocenters. The van der Waals surface area contributed by atoms with Crippen LogP contribution in [0.4, 0.5) is 11.4 Å². The molecule has 5 nitrogen and oxygen atoms in total. The molecule has 2 rings (SSSR count). The Hall–Kier alpha value is -1.59. The van der Waals surface area contributed by atoms with E-state index in [-0.39, 0.29) is 5.91 Å². The van der Waals surface area contributed by atoms with Crippen LogP contribution in [0.15, 0.2) is 18.2 Å². The summed E-state index contributed by atoms with van der Waals surface area (Å²) in [6.45, 7) is 9.05. The van der Waals surface area contributed by atoms with Crippen molar-refractivity contribution in [3.63, 3.8) is 0 Å². The molecular weight excluding hydrogens is 254 g/mol. The van der Waals surface area contributed by atoms with Crippen LogP contribution in [0.5, 0.6) is 0 Å². The van der Waals surface area contributed by atoms with Gasteiger partial charge in [-0.25, -0.2) is 0 Å². The zero-order valence-electron chi connectivity index (χ0n) is 12.2. The molecule has 1 aliphatic rings. The zero-order valence-corrected chi connectivity index (χ0v) is 12.2. The fourth-order valence-electron chi connectivity index (χ4n) is 2.50. The molecule has 0 spiro atoms. The minimum Gasteiger partial charge on any atom is -0.387 e. The van der Waals surface area contributed by atoms with Crippen molar-refractivity contribution in [2.75, 3.05) is 49.5 Å². The lowest BCUT2D eigenvalue weighted by molar-refractivity contribution is -0.118. The Balaban J connectivity index is 2.04. The monoisotopic (exact) mass is 277 g/mol. The second kappa shape index (κ2) is 6.72. The van der Waals surface area contributed by atoms with Crippen molar-refractivity contribution in [3.05, 3.63) is 23.8 Å². The summed E-state index contributed by atoms with van der Waals surface area (Å²) in [6, 6.07) is 6.03. The van der Waals surface area contributed by atoms with E-state index in [9.17, 15) is 4.79 Å². The van der Waals surface area contributed by atoms with Crippen LogP contribution in [0.25, 0.3) is 0 Å². The SMILES string of the molecule is CCN1CCN(c2ccc(NC(=O)CO)c(C)c2)CC1. The first kappa shape index (κ1) is 14.8. The Kier molecular flexibility index (Phi) is 4.98. The molecule has 1 fully saturated rings. The van der Waals surface area contributed by atoms with Gasteiger partial charge in [0.1, 0.15) is 6.61 Å². The Morgan fingerprint density at radius 2 is 2.00 bits per heavy atom. The summed E-state index contributed by atoms with van der Waals surface area (Å²) >= 11 is 0. The highest BCUT2D eigenvalue weighted by atomic mass is 16.3. The third-order valence-electron chi connectivity index (χ3n) is 3.81. The number of aliphatic hydroxyl groups is 1. The second-order valence-corrected chi connectivity index (χ2v) is 5.13. The lowest BCUT2D eigenvalue weighted by atomic mass is 10.1. The average molecular weight is 277 g/mol. The number of carbonyl (C=O) groups is 1. The lowest BCUT2D eigenvalue weighted by Crippen LogP contribution is -2.46. The predicted molar refractivity (Wildman–Crippen MR) is 81.2 cm³/mol. The summed E-state index contributed by atoms with van der Waals surface area (Å²) in [4.78, 5) is 16.0. The van der Waals surface area contributed by atoms with E-state index in [4.69, 9.17) is 5.11 Å². The molecule has 1 saturated heterocycles. The third-order valence-corrected chi connectivity index (χ3v) is 3.81. The number of aliphatic hydroxyl groups excluding tert-OH is 1. The van der Waals surface area contributed by atoms with Crippen LogP contribution in [0, 0.1) is 6.92 Å². The summed E-state index contributed by atoms with van der Waals surface area (Å²) < 4.78 is 0. The minimum absolute atomic E-state index is 0.377. The Bertz CT molecular complexity index is 468. The summed E-state index contributed by atoms with van der Waals surface area (Å²) in [5, 5.41) is 11.5. The van der Waals surface area contributed by atoms with Gasteiger partial charge >= 0.3 is 0 Å². The first-order valence-electron chi connectivity index (χ1n) is 7.12. The molecule has 2 N–H and O–H groups in total.